The summed E-state index contributed by atoms with van der Waals surface area (Å²) in [5.74, 6) is 0.498. The molecule has 4 aromatic rings. The van der Waals surface area contributed by atoms with Gasteiger partial charge in [-0.15, -0.1) is 0 Å². The Morgan fingerprint density at radius 3 is 2.50 bits per heavy atom. The van der Waals surface area contributed by atoms with Crippen LogP contribution in [0.15, 0.2) is 73.1 Å². The van der Waals surface area contributed by atoms with Crippen molar-refractivity contribution in [2.75, 3.05) is 19.6 Å². The number of aryl methyl sites for hydroxylation is 2. The molecular formula is C33H38N4O. The number of aromatic nitrogens is 2. The van der Waals surface area contributed by atoms with Crippen LogP contribution < -0.4 is 5.32 Å². The minimum absolute atomic E-state index is 0.199. The number of nitrogens with zero attached hydrogens (tertiary/aromatic N) is 2. The molecule has 2 aromatic carbocycles. The molecule has 1 amide bonds. The molecule has 1 atom stereocenters. The third-order valence-electron chi connectivity index (χ3n) is 7.56. The quantitative estimate of drug-likeness (QED) is 0.284. The Hall–Kier alpha value is -3.70. The van der Waals surface area contributed by atoms with E-state index in [9.17, 15) is 4.79 Å². The van der Waals surface area contributed by atoms with E-state index in [-0.39, 0.29) is 5.91 Å². The second-order valence-electron chi connectivity index (χ2n) is 10.7. The average Bonchev–Trinajstić information content (AvgIpc) is 3.31. The molecule has 5 nitrogen and oxygen atoms in total. The molecule has 0 bridgehead atoms. The highest BCUT2D eigenvalue weighted by Crippen LogP contribution is 2.37. The number of pyridine rings is 1. The minimum atomic E-state index is 0.199. The fraction of sp³-hybridized carbons (Fsp3) is 0.333. The highest BCUT2D eigenvalue weighted by atomic mass is 16.2. The number of nitrogens with one attached hydrogen (secondary N) is 2. The second-order valence-corrected chi connectivity index (χ2v) is 10.7. The van der Waals surface area contributed by atoms with E-state index in [2.05, 4.69) is 66.4 Å². The first-order valence-corrected chi connectivity index (χ1v) is 13.7. The zero-order chi connectivity index (χ0) is 26.5. The smallest absolute Gasteiger partial charge is 0.227 e. The largest absolute Gasteiger partial charge is 0.358 e. The molecule has 196 valence electrons. The van der Waals surface area contributed by atoms with Crippen LogP contribution in [-0.2, 0) is 30.6 Å². The molecule has 0 aliphatic carbocycles. The zero-order valence-corrected chi connectivity index (χ0v) is 22.8. The second kappa shape index (κ2) is 11.8. The van der Waals surface area contributed by atoms with Gasteiger partial charge < -0.3 is 15.2 Å². The Kier molecular flexibility index (Phi) is 8.04. The molecule has 0 saturated heterocycles. The summed E-state index contributed by atoms with van der Waals surface area (Å²) in [4.78, 5) is 23.2. The van der Waals surface area contributed by atoms with Gasteiger partial charge in [-0.1, -0.05) is 54.4 Å². The topological polar surface area (TPSA) is 61.0 Å². The Balaban J connectivity index is 1.38. The van der Waals surface area contributed by atoms with Crippen molar-refractivity contribution >= 4 is 5.91 Å². The Labute approximate surface area is 226 Å². The lowest BCUT2D eigenvalue weighted by molar-refractivity contribution is -0.131. The Morgan fingerprint density at radius 2 is 1.76 bits per heavy atom. The van der Waals surface area contributed by atoms with Crippen molar-refractivity contribution in [3.8, 4) is 11.3 Å². The van der Waals surface area contributed by atoms with E-state index in [4.69, 9.17) is 0 Å². The van der Waals surface area contributed by atoms with Gasteiger partial charge in [-0.25, -0.2) is 0 Å². The van der Waals surface area contributed by atoms with Crippen LogP contribution in [0.3, 0.4) is 0 Å². The number of hydrogen-bond acceptors (Lipinski definition) is 3. The summed E-state index contributed by atoms with van der Waals surface area (Å²) in [5.41, 5.74) is 11.3. The Bertz CT molecular complexity index is 1360. The summed E-state index contributed by atoms with van der Waals surface area (Å²) in [6.07, 6.45) is 5.99. The summed E-state index contributed by atoms with van der Waals surface area (Å²) in [6.45, 7) is 9.84. The van der Waals surface area contributed by atoms with Gasteiger partial charge in [0, 0.05) is 49.8 Å². The van der Waals surface area contributed by atoms with Gasteiger partial charge in [0.15, 0.2) is 0 Å². The first-order chi connectivity index (χ1) is 18.5. The van der Waals surface area contributed by atoms with Gasteiger partial charge in [0.05, 0.1) is 6.42 Å². The first-order valence-electron chi connectivity index (χ1n) is 13.7. The third kappa shape index (κ3) is 6.05. The molecule has 0 spiro atoms. The molecule has 1 aliphatic heterocycles. The Morgan fingerprint density at radius 1 is 1.03 bits per heavy atom. The fourth-order valence-corrected chi connectivity index (χ4v) is 5.71. The minimum Gasteiger partial charge on any atom is -0.358 e. The van der Waals surface area contributed by atoms with E-state index in [1.807, 2.05) is 47.6 Å². The van der Waals surface area contributed by atoms with E-state index in [1.54, 1.807) is 0 Å². The van der Waals surface area contributed by atoms with Crippen molar-refractivity contribution in [2.24, 2.45) is 0 Å². The highest BCUT2D eigenvalue weighted by molar-refractivity contribution is 5.79. The van der Waals surface area contributed by atoms with Crippen LogP contribution in [0.4, 0.5) is 0 Å². The summed E-state index contributed by atoms with van der Waals surface area (Å²) in [6, 6.07) is 21.0. The standard InChI is InChI=1S/C33H38N4O/c1-23-17-24(2)19-28(18-23)33-32(25(3)21-35-15-11-26-9-13-34-14-10-26)29-22-37(16-12-30(29)36-33)31(38)20-27-7-5-4-6-8-27/h4-10,13-14,17-19,25,35-36H,11-12,15-16,20-22H2,1-3H3/t25-/m1/s1. The van der Waals surface area contributed by atoms with Gasteiger partial charge in [0.25, 0.3) is 0 Å². The van der Waals surface area contributed by atoms with Crippen LogP contribution in [0, 0.1) is 13.8 Å². The van der Waals surface area contributed by atoms with Crippen molar-refractivity contribution in [3.63, 3.8) is 0 Å². The third-order valence-corrected chi connectivity index (χ3v) is 7.56. The van der Waals surface area contributed by atoms with Crippen molar-refractivity contribution in [1.29, 1.82) is 0 Å². The van der Waals surface area contributed by atoms with Crippen molar-refractivity contribution in [2.45, 2.75) is 52.5 Å². The van der Waals surface area contributed by atoms with Crippen LogP contribution in [0.5, 0.6) is 0 Å². The molecule has 38 heavy (non-hydrogen) atoms. The van der Waals surface area contributed by atoms with Gasteiger partial charge >= 0.3 is 0 Å². The molecule has 0 radical (unpaired) electrons. The summed E-state index contributed by atoms with van der Waals surface area (Å²) in [5, 5.41) is 3.68. The van der Waals surface area contributed by atoms with Gasteiger partial charge in [-0.3, -0.25) is 9.78 Å². The van der Waals surface area contributed by atoms with E-state index in [0.29, 0.717) is 18.9 Å². The first kappa shape index (κ1) is 25.9. The summed E-state index contributed by atoms with van der Waals surface area (Å²) >= 11 is 0. The van der Waals surface area contributed by atoms with Crippen LogP contribution in [0.2, 0.25) is 0 Å². The SMILES string of the molecule is Cc1cc(C)cc(-c2[nH]c3c(c2[C@H](C)CNCCc2ccncc2)CN(C(=O)Cc2ccccc2)CC3)c1. The monoisotopic (exact) mass is 506 g/mol. The fourth-order valence-electron chi connectivity index (χ4n) is 5.71. The van der Waals surface area contributed by atoms with Gasteiger partial charge in [0.2, 0.25) is 5.91 Å². The molecule has 0 saturated carbocycles. The maximum Gasteiger partial charge on any atom is 0.227 e. The number of carbonyl (C=O) groups is 1. The molecule has 2 aromatic heterocycles. The van der Waals surface area contributed by atoms with Crippen molar-refractivity contribution in [3.05, 3.63) is 112 Å². The summed E-state index contributed by atoms with van der Waals surface area (Å²) in [7, 11) is 0. The lowest BCUT2D eigenvalue weighted by atomic mass is 9.90. The number of hydrogen-bond donors (Lipinski definition) is 2. The van der Waals surface area contributed by atoms with Crippen LogP contribution in [0.25, 0.3) is 11.3 Å². The van der Waals surface area contributed by atoms with Gasteiger partial charge in [0.1, 0.15) is 0 Å². The van der Waals surface area contributed by atoms with E-state index in [1.165, 1.54) is 44.8 Å². The van der Waals surface area contributed by atoms with Gasteiger partial charge in [-0.05, 0) is 84.8 Å². The molecular weight excluding hydrogens is 468 g/mol. The summed E-state index contributed by atoms with van der Waals surface area (Å²) < 4.78 is 0. The number of benzene rings is 2. The van der Waals surface area contributed by atoms with Gasteiger partial charge in [-0.2, -0.15) is 0 Å². The molecule has 0 unspecified atom stereocenters. The number of rotatable bonds is 9. The van der Waals surface area contributed by atoms with Crippen LogP contribution in [-0.4, -0.2) is 40.4 Å². The predicted octanol–water partition coefficient (Wildman–Crippen LogP) is 5.76. The normalized spacial score (nSPS) is 13.8. The predicted molar refractivity (Wildman–Crippen MR) is 154 cm³/mol. The number of aromatic amines is 1. The molecule has 0 fully saturated rings. The molecule has 5 heteroatoms. The number of H-pyrrole nitrogens is 1. The number of fused-ring (bicyclic) bond motifs is 1. The van der Waals surface area contributed by atoms with Crippen LogP contribution >= 0.6 is 0 Å². The van der Waals surface area contributed by atoms with Crippen molar-refractivity contribution in [1.82, 2.24) is 20.2 Å². The lowest BCUT2D eigenvalue weighted by Gasteiger charge is -2.29. The maximum atomic E-state index is 13.3. The number of carbonyl (C=O) groups excluding carboxylic acids is 1. The molecule has 1 aliphatic rings. The van der Waals surface area contributed by atoms with E-state index in [0.717, 1.165) is 38.0 Å². The average molecular weight is 507 g/mol. The zero-order valence-electron chi connectivity index (χ0n) is 22.8. The highest BCUT2D eigenvalue weighted by Gasteiger charge is 2.29. The number of amides is 1. The lowest BCUT2D eigenvalue weighted by Crippen LogP contribution is -2.37. The molecule has 5 rings (SSSR count). The van der Waals surface area contributed by atoms with E-state index >= 15 is 0 Å². The van der Waals surface area contributed by atoms with Crippen molar-refractivity contribution < 1.29 is 4.79 Å². The van der Waals surface area contributed by atoms with E-state index < -0.39 is 0 Å². The van der Waals surface area contributed by atoms with Crippen LogP contribution in [0.1, 0.15) is 51.9 Å². The molecule has 2 N–H and O–H groups in total. The molecule has 3 heterocycles. The maximum absolute atomic E-state index is 13.3.